The van der Waals surface area contributed by atoms with Gasteiger partial charge in [0.15, 0.2) is 11.2 Å². The molecule has 140 valence electrons. The Morgan fingerprint density at radius 3 is 2.44 bits per heavy atom. The maximum atomic E-state index is 12.8. The van der Waals surface area contributed by atoms with Crippen molar-refractivity contribution < 1.29 is 0 Å². The lowest BCUT2D eigenvalue weighted by molar-refractivity contribution is 0.634. The summed E-state index contributed by atoms with van der Waals surface area (Å²) in [6, 6.07) is 7.84. The number of hydrazone groups is 1. The number of aromatic nitrogens is 4. The highest BCUT2D eigenvalue weighted by Gasteiger charge is 2.30. The lowest BCUT2D eigenvalue weighted by atomic mass is 10.2. The molecule has 0 aliphatic carbocycles. The zero-order valence-electron chi connectivity index (χ0n) is 15.5. The molecular weight excluding hydrogens is 412 g/mol. The van der Waals surface area contributed by atoms with Gasteiger partial charge in [-0.1, -0.05) is 28.1 Å². The Morgan fingerprint density at radius 2 is 1.78 bits per heavy atom. The lowest BCUT2D eigenvalue weighted by Crippen LogP contribution is -2.38. The van der Waals surface area contributed by atoms with Crippen molar-refractivity contribution in [3.8, 4) is 0 Å². The second kappa shape index (κ2) is 6.19. The Kier molecular flexibility index (Phi) is 4.06. The Hall–Kier alpha value is -2.68. The number of fused-ring (bicyclic) bond motifs is 3. The molecule has 0 fully saturated rings. The summed E-state index contributed by atoms with van der Waals surface area (Å²) < 4.78 is 5.40. The average Bonchev–Trinajstić information content (AvgIpc) is 3.05. The second-order valence-electron chi connectivity index (χ2n) is 6.76. The number of rotatable bonds is 2. The van der Waals surface area contributed by atoms with E-state index >= 15 is 0 Å². The van der Waals surface area contributed by atoms with E-state index < -0.39 is 5.69 Å². The Labute approximate surface area is 163 Å². The van der Waals surface area contributed by atoms with E-state index in [9.17, 15) is 9.59 Å². The third kappa shape index (κ3) is 2.64. The molecule has 0 unspecified atom stereocenters. The minimum Gasteiger partial charge on any atom is -0.294 e. The van der Waals surface area contributed by atoms with Crippen LogP contribution in [0.25, 0.3) is 11.2 Å². The molecule has 8 nitrogen and oxygen atoms in total. The number of benzene rings is 1. The number of nitrogens with zero attached hydrogens (tertiary/aromatic N) is 6. The van der Waals surface area contributed by atoms with Gasteiger partial charge in [-0.15, -0.1) is 0 Å². The fraction of sp³-hybridized carbons (Fsp3) is 0.333. The summed E-state index contributed by atoms with van der Waals surface area (Å²) in [5.41, 5.74) is 1.97. The van der Waals surface area contributed by atoms with Crippen LogP contribution < -0.4 is 16.3 Å². The normalized spacial score (nSPS) is 16.6. The molecule has 4 rings (SSSR count). The van der Waals surface area contributed by atoms with Crippen LogP contribution >= 0.6 is 15.9 Å². The summed E-state index contributed by atoms with van der Waals surface area (Å²) >= 11 is 3.44. The van der Waals surface area contributed by atoms with Crippen molar-refractivity contribution in [2.45, 2.75) is 26.4 Å². The third-order valence-corrected chi connectivity index (χ3v) is 5.55. The lowest BCUT2D eigenvalue weighted by Gasteiger charge is -2.29. The van der Waals surface area contributed by atoms with Gasteiger partial charge in [-0.05, 0) is 31.5 Å². The monoisotopic (exact) mass is 430 g/mol. The van der Waals surface area contributed by atoms with Gasteiger partial charge >= 0.3 is 5.69 Å². The van der Waals surface area contributed by atoms with Crippen molar-refractivity contribution in [1.29, 1.82) is 0 Å². The number of aryl methyl sites for hydroxylation is 1. The van der Waals surface area contributed by atoms with Gasteiger partial charge < -0.3 is 0 Å². The molecular formula is C18H19BrN6O2. The largest absolute Gasteiger partial charge is 0.332 e. The van der Waals surface area contributed by atoms with Crippen molar-refractivity contribution >= 4 is 38.8 Å². The summed E-state index contributed by atoms with van der Waals surface area (Å²) in [7, 11) is 3.11. The molecule has 3 heterocycles. The van der Waals surface area contributed by atoms with Gasteiger partial charge in [0.05, 0.1) is 18.3 Å². The van der Waals surface area contributed by atoms with E-state index in [1.54, 1.807) is 12.1 Å². The van der Waals surface area contributed by atoms with E-state index in [1.807, 2.05) is 42.7 Å². The SMILES string of the molecule is CC1=NN(Cc2ccc(Br)cc2)c2nc3c(c(=O)n(C)c(=O)n3C)n2[C@H]1C. The average molecular weight is 431 g/mol. The van der Waals surface area contributed by atoms with Gasteiger partial charge in [-0.2, -0.15) is 10.1 Å². The van der Waals surface area contributed by atoms with E-state index in [-0.39, 0.29) is 11.6 Å². The highest BCUT2D eigenvalue weighted by atomic mass is 79.9. The summed E-state index contributed by atoms with van der Waals surface area (Å²) in [5, 5.41) is 6.46. The number of imidazole rings is 1. The van der Waals surface area contributed by atoms with E-state index in [0.29, 0.717) is 23.7 Å². The maximum Gasteiger partial charge on any atom is 0.332 e. The van der Waals surface area contributed by atoms with Crippen LogP contribution in [0.1, 0.15) is 25.5 Å². The van der Waals surface area contributed by atoms with E-state index in [2.05, 4.69) is 26.0 Å². The summed E-state index contributed by atoms with van der Waals surface area (Å²) in [5.74, 6) is 0.560. The molecule has 0 amide bonds. The summed E-state index contributed by atoms with van der Waals surface area (Å²) in [6.07, 6.45) is 0. The molecule has 1 atom stereocenters. The maximum absolute atomic E-state index is 12.8. The van der Waals surface area contributed by atoms with Crippen LogP contribution in [-0.2, 0) is 20.6 Å². The third-order valence-electron chi connectivity index (χ3n) is 5.02. The predicted octanol–water partition coefficient (Wildman–Crippen LogP) is 2.15. The highest BCUT2D eigenvalue weighted by molar-refractivity contribution is 9.10. The highest BCUT2D eigenvalue weighted by Crippen LogP contribution is 2.30. The molecule has 0 spiro atoms. The summed E-state index contributed by atoms with van der Waals surface area (Å²) in [6.45, 7) is 4.42. The van der Waals surface area contributed by atoms with Gasteiger partial charge in [-0.25, -0.2) is 9.80 Å². The molecule has 0 radical (unpaired) electrons. The molecule has 9 heteroatoms. The molecule has 1 aliphatic heterocycles. The molecule has 1 aromatic carbocycles. The van der Waals surface area contributed by atoms with Crippen molar-refractivity contribution in [1.82, 2.24) is 18.7 Å². The van der Waals surface area contributed by atoms with Crippen LogP contribution in [-0.4, -0.2) is 24.4 Å². The fourth-order valence-corrected chi connectivity index (χ4v) is 3.59. The second-order valence-corrected chi connectivity index (χ2v) is 7.68. The zero-order chi connectivity index (χ0) is 19.5. The first-order valence-corrected chi connectivity index (χ1v) is 9.34. The van der Waals surface area contributed by atoms with Gasteiger partial charge in [0.1, 0.15) is 0 Å². The van der Waals surface area contributed by atoms with Crippen LogP contribution in [0, 0.1) is 0 Å². The van der Waals surface area contributed by atoms with Crippen LogP contribution in [0.5, 0.6) is 0 Å². The molecule has 0 saturated heterocycles. The van der Waals surface area contributed by atoms with Crippen LogP contribution in [0.2, 0.25) is 0 Å². The molecule has 3 aromatic rings. The predicted molar refractivity (Wildman–Crippen MR) is 108 cm³/mol. The number of hydrogen-bond acceptors (Lipinski definition) is 5. The first-order chi connectivity index (χ1) is 12.8. The fourth-order valence-electron chi connectivity index (χ4n) is 3.33. The van der Waals surface area contributed by atoms with Gasteiger partial charge in [0, 0.05) is 18.6 Å². The van der Waals surface area contributed by atoms with Crippen LogP contribution in [0.3, 0.4) is 0 Å². The van der Waals surface area contributed by atoms with Gasteiger partial charge in [0.2, 0.25) is 5.95 Å². The van der Waals surface area contributed by atoms with Gasteiger partial charge in [-0.3, -0.25) is 18.5 Å². The smallest absolute Gasteiger partial charge is 0.294 e. The number of anilines is 1. The standard InChI is InChI=1S/C18H19BrN6O2/c1-10-11(2)25-14-15(22(3)18(27)23(4)16(14)26)20-17(25)24(21-10)9-12-5-7-13(19)8-6-12/h5-8,11H,9H2,1-4H3/t11-/m0/s1. The van der Waals surface area contributed by atoms with Gasteiger partial charge in [0.25, 0.3) is 5.56 Å². The van der Waals surface area contributed by atoms with Crippen molar-refractivity contribution in [2.75, 3.05) is 5.01 Å². The van der Waals surface area contributed by atoms with Crippen molar-refractivity contribution in [3.63, 3.8) is 0 Å². The number of halogens is 1. The topological polar surface area (TPSA) is 77.4 Å². The minimum absolute atomic E-state index is 0.128. The molecule has 0 saturated carbocycles. The number of hydrogen-bond donors (Lipinski definition) is 0. The molecule has 2 aromatic heterocycles. The molecule has 1 aliphatic rings. The van der Waals surface area contributed by atoms with E-state index in [1.165, 1.54) is 11.6 Å². The molecule has 0 bridgehead atoms. The molecule has 27 heavy (non-hydrogen) atoms. The summed E-state index contributed by atoms with van der Waals surface area (Å²) in [4.78, 5) is 29.7. The zero-order valence-corrected chi connectivity index (χ0v) is 17.1. The van der Waals surface area contributed by atoms with Crippen LogP contribution in [0.15, 0.2) is 43.4 Å². The van der Waals surface area contributed by atoms with Crippen molar-refractivity contribution in [2.24, 2.45) is 19.2 Å². The first-order valence-electron chi connectivity index (χ1n) is 8.54. The first kappa shape index (κ1) is 17.7. The Bertz CT molecular complexity index is 1200. The minimum atomic E-state index is -0.396. The van der Waals surface area contributed by atoms with E-state index in [4.69, 9.17) is 0 Å². The van der Waals surface area contributed by atoms with E-state index in [0.717, 1.165) is 20.3 Å². The quantitative estimate of drug-likeness (QED) is 0.623. The van der Waals surface area contributed by atoms with Crippen LogP contribution in [0.4, 0.5) is 5.95 Å². The molecule has 0 N–H and O–H groups in total. The Balaban J connectivity index is 1.95. The Morgan fingerprint density at radius 1 is 1.11 bits per heavy atom. The van der Waals surface area contributed by atoms with Crippen molar-refractivity contribution in [3.05, 3.63) is 55.1 Å².